The van der Waals surface area contributed by atoms with E-state index in [2.05, 4.69) is 0 Å². The zero-order valence-electron chi connectivity index (χ0n) is 12.4. The molecule has 1 saturated heterocycles. The van der Waals surface area contributed by atoms with E-state index >= 15 is 0 Å². The summed E-state index contributed by atoms with van der Waals surface area (Å²) in [6.45, 7) is 3.16. The first-order chi connectivity index (χ1) is 10.1. The first-order valence-corrected chi connectivity index (χ1v) is 8.73. The van der Waals surface area contributed by atoms with E-state index in [4.69, 9.17) is 5.84 Å². The summed E-state index contributed by atoms with van der Waals surface area (Å²) >= 11 is 0. The van der Waals surface area contributed by atoms with Gasteiger partial charge in [-0.2, -0.15) is 0 Å². The molecule has 2 N–H and O–H groups in total. The van der Waals surface area contributed by atoms with Crippen molar-refractivity contribution in [2.75, 3.05) is 29.7 Å². The molecule has 5 nitrogen and oxygen atoms in total. The van der Waals surface area contributed by atoms with Crippen molar-refractivity contribution < 1.29 is 9.00 Å². The minimum atomic E-state index is -0.973. The van der Waals surface area contributed by atoms with Gasteiger partial charge in [0.2, 0.25) is 5.91 Å². The topological polar surface area (TPSA) is 66.6 Å². The van der Waals surface area contributed by atoms with Crippen LogP contribution in [0, 0.1) is 5.92 Å². The number of carbonyl (C=O) groups is 1. The average Bonchev–Trinajstić information content (AvgIpc) is 2.48. The van der Waals surface area contributed by atoms with Crippen molar-refractivity contribution in [2.24, 2.45) is 11.8 Å². The number of hydrazine groups is 1. The molecule has 1 unspecified atom stereocenters. The number of anilines is 1. The molecule has 1 aromatic rings. The Balaban J connectivity index is 1.76. The lowest BCUT2D eigenvalue weighted by Gasteiger charge is -2.31. The number of para-hydroxylation sites is 1. The number of benzene rings is 1. The highest BCUT2D eigenvalue weighted by Gasteiger charge is 2.22. The average molecular weight is 309 g/mol. The molecule has 1 aliphatic rings. The van der Waals surface area contributed by atoms with Crippen molar-refractivity contribution in [3.05, 3.63) is 30.3 Å². The van der Waals surface area contributed by atoms with E-state index in [-0.39, 0.29) is 5.91 Å². The van der Waals surface area contributed by atoms with Crippen LogP contribution in [-0.2, 0) is 15.6 Å². The monoisotopic (exact) mass is 309 g/mol. The van der Waals surface area contributed by atoms with Gasteiger partial charge in [0.25, 0.3) is 0 Å². The maximum atomic E-state index is 12.2. The molecule has 0 saturated carbocycles. The minimum Gasteiger partial charge on any atom is -0.343 e. The number of hydrogen-bond acceptors (Lipinski definition) is 4. The molecule has 1 aliphatic heterocycles. The summed E-state index contributed by atoms with van der Waals surface area (Å²) in [6.07, 6.45) is 1.86. The second kappa shape index (κ2) is 7.56. The van der Waals surface area contributed by atoms with Crippen LogP contribution >= 0.6 is 0 Å². The van der Waals surface area contributed by atoms with Crippen LogP contribution in [-0.4, -0.2) is 39.7 Å². The quantitative estimate of drug-likeness (QED) is 0.658. The molecule has 1 amide bonds. The Kier molecular flexibility index (Phi) is 5.76. The smallest absolute Gasteiger partial charge is 0.219 e. The third-order valence-corrected chi connectivity index (χ3v) is 5.26. The number of rotatable bonds is 5. The first kappa shape index (κ1) is 16.0. The summed E-state index contributed by atoms with van der Waals surface area (Å²) in [7, 11) is -0.973. The van der Waals surface area contributed by atoms with E-state index < -0.39 is 10.8 Å². The Morgan fingerprint density at radius 1 is 1.33 bits per heavy atom. The van der Waals surface area contributed by atoms with Gasteiger partial charge in [0.1, 0.15) is 5.88 Å². The van der Waals surface area contributed by atoms with Gasteiger partial charge in [-0.05, 0) is 30.9 Å². The van der Waals surface area contributed by atoms with Gasteiger partial charge in [-0.3, -0.25) is 14.0 Å². The highest BCUT2D eigenvalue weighted by molar-refractivity contribution is 7.85. The molecule has 0 aromatic heterocycles. The van der Waals surface area contributed by atoms with Crippen molar-refractivity contribution in [2.45, 2.75) is 19.8 Å². The zero-order valence-corrected chi connectivity index (χ0v) is 13.2. The second-order valence-electron chi connectivity index (χ2n) is 5.49. The molecule has 116 valence electrons. The maximum absolute atomic E-state index is 12.2. The van der Waals surface area contributed by atoms with Crippen molar-refractivity contribution >= 4 is 22.4 Å². The summed E-state index contributed by atoms with van der Waals surface area (Å²) in [5, 5.41) is 1.54. The van der Waals surface area contributed by atoms with Crippen LogP contribution in [0.3, 0.4) is 0 Å². The van der Waals surface area contributed by atoms with Gasteiger partial charge < -0.3 is 4.90 Å². The summed E-state index contributed by atoms with van der Waals surface area (Å²) < 4.78 is 12.2. The van der Waals surface area contributed by atoms with Crippen molar-refractivity contribution in [1.82, 2.24) is 4.90 Å². The fraction of sp³-hybridized carbons (Fsp3) is 0.533. The van der Waals surface area contributed by atoms with E-state index in [0.29, 0.717) is 17.5 Å². The largest absolute Gasteiger partial charge is 0.343 e. The van der Waals surface area contributed by atoms with E-state index in [1.807, 2.05) is 35.2 Å². The van der Waals surface area contributed by atoms with Crippen LogP contribution in [0.5, 0.6) is 0 Å². The second-order valence-corrected chi connectivity index (χ2v) is 6.96. The van der Waals surface area contributed by atoms with Gasteiger partial charge in [0.05, 0.1) is 5.69 Å². The van der Waals surface area contributed by atoms with Crippen LogP contribution < -0.4 is 10.9 Å². The van der Waals surface area contributed by atoms with Gasteiger partial charge in [-0.25, -0.2) is 5.84 Å². The molecule has 21 heavy (non-hydrogen) atoms. The summed E-state index contributed by atoms with van der Waals surface area (Å²) in [5.41, 5.74) is 0.872. The maximum Gasteiger partial charge on any atom is 0.219 e. The van der Waals surface area contributed by atoms with E-state index in [1.54, 1.807) is 11.9 Å². The normalized spacial score (nSPS) is 17.5. The Morgan fingerprint density at radius 2 is 1.95 bits per heavy atom. The van der Waals surface area contributed by atoms with Gasteiger partial charge in [-0.1, -0.05) is 18.2 Å². The van der Waals surface area contributed by atoms with Crippen LogP contribution in [0.1, 0.15) is 19.8 Å². The van der Waals surface area contributed by atoms with Crippen LogP contribution in [0.2, 0.25) is 0 Å². The highest BCUT2D eigenvalue weighted by Crippen LogP contribution is 2.19. The van der Waals surface area contributed by atoms with Crippen LogP contribution in [0.25, 0.3) is 0 Å². The lowest BCUT2D eigenvalue weighted by molar-refractivity contribution is -0.130. The van der Waals surface area contributed by atoms with Gasteiger partial charge >= 0.3 is 0 Å². The lowest BCUT2D eigenvalue weighted by atomic mass is 9.99. The standard InChI is InChI=1S/C15H23N3O2S/c1-13(19)17-9-7-14(8-10-17)11-21(20)12-18(16)15-5-3-2-4-6-15/h2-6,14H,7-12,16H2,1H3. The molecule has 0 spiro atoms. The summed E-state index contributed by atoms with van der Waals surface area (Å²) in [5.74, 6) is 7.51. The number of likely N-dealkylation sites (tertiary alicyclic amines) is 1. The Hall–Kier alpha value is -1.40. The predicted molar refractivity (Wildman–Crippen MR) is 86.0 cm³/mol. The summed E-state index contributed by atoms with van der Waals surface area (Å²) in [4.78, 5) is 13.1. The molecule has 1 fully saturated rings. The van der Waals surface area contributed by atoms with Crippen molar-refractivity contribution in [3.63, 3.8) is 0 Å². The number of piperidine rings is 1. The molecule has 0 bridgehead atoms. The van der Waals surface area contributed by atoms with E-state index in [1.165, 1.54) is 0 Å². The fourth-order valence-electron chi connectivity index (χ4n) is 2.58. The molecule has 1 atom stereocenters. The van der Waals surface area contributed by atoms with E-state index in [9.17, 15) is 9.00 Å². The molecule has 6 heteroatoms. The van der Waals surface area contributed by atoms with Crippen LogP contribution in [0.4, 0.5) is 5.69 Å². The van der Waals surface area contributed by atoms with Crippen molar-refractivity contribution in [1.29, 1.82) is 0 Å². The Labute approximate surface area is 128 Å². The number of nitrogens with zero attached hydrogens (tertiary/aromatic N) is 2. The molecule has 0 aliphatic carbocycles. The zero-order chi connectivity index (χ0) is 15.2. The number of carbonyl (C=O) groups excluding carboxylic acids is 1. The minimum absolute atomic E-state index is 0.131. The molecular weight excluding hydrogens is 286 g/mol. The van der Waals surface area contributed by atoms with Gasteiger partial charge in [-0.15, -0.1) is 0 Å². The van der Waals surface area contributed by atoms with E-state index in [0.717, 1.165) is 31.6 Å². The number of nitrogens with two attached hydrogens (primary N) is 1. The Morgan fingerprint density at radius 3 is 2.52 bits per heavy atom. The Bertz CT molecular complexity index is 487. The first-order valence-electron chi connectivity index (χ1n) is 7.24. The number of amides is 1. The van der Waals surface area contributed by atoms with Gasteiger partial charge in [0, 0.05) is 36.6 Å². The third-order valence-electron chi connectivity index (χ3n) is 3.85. The molecule has 1 aromatic carbocycles. The van der Waals surface area contributed by atoms with Crippen molar-refractivity contribution in [3.8, 4) is 0 Å². The lowest BCUT2D eigenvalue weighted by Crippen LogP contribution is -2.40. The third kappa shape index (κ3) is 4.82. The molecule has 2 rings (SSSR count). The number of hydrogen-bond donors (Lipinski definition) is 1. The fourth-order valence-corrected chi connectivity index (χ4v) is 4.00. The molecule has 0 radical (unpaired) electrons. The van der Waals surface area contributed by atoms with Gasteiger partial charge in [0.15, 0.2) is 0 Å². The van der Waals surface area contributed by atoms with Crippen LogP contribution in [0.15, 0.2) is 30.3 Å². The predicted octanol–water partition coefficient (Wildman–Crippen LogP) is 1.33. The summed E-state index contributed by atoms with van der Waals surface area (Å²) in [6, 6.07) is 9.56. The molecular formula is C15H23N3O2S. The highest BCUT2D eigenvalue weighted by atomic mass is 32.2. The molecule has 1 heterocycles. The SMILES string of the molecule is CC(=O)N1CCC(CS(=O)CN(N)c2ccccc2)CC1.